The number of aryl methyl sites for hydroxylation is 6. The molecule has 6 aromatic heterocycles. The van der Waals surface area contributed by atoms with E-state index in [1.807, 2.05) is 48.5 Å². The van der Waals surface area contributed by atoms with E-state index in [0.29, 0.717) is 17.4 Å². The molecule has 3 aliphatic rings. The number of aromatic nitrogens is 6. The molecule has 3 aliphatic heterocycles. The summed E-state index contributed by atoms with van der Waals surface area (Å²) in [5.74, 6) is 3.40. The summed E-state index contributed by atoms with van der Waals surface area (Å²) in [7, 11) is 0. The van der Waals surface area contributed by atoms with Gasteiger partial charge in [-0.1, -0.05) is 132 Å². The Morgan fingerprint density at radius 2 is 0.860 bits per heavy atom. The van der Waals surface area contributed by atoms with Crippen LogP contribution in [0.3, 0.4) is 0 Å². The van der Waals surface area contributed by atoms with E-state index < -0.39 is 5.97 Å². The molecule has 486 valence electrons. The number of pyridine rings is 6. The first-order valence-corrected chi connectivity index (χ1v) is 34.7. The van der Waals surface area contributed by atoms with Crippen molar-refractivity contribution in [2.24, 2.45) is 0 Å². The van der Waals surface area contributed by atoms with Crippen LogP contribution in [0.5, 0.6) is 0 Å². The normalized spacial score (nSPS) is 13.9. The number of hydrogen-bond acceptors (Lipinski definition) is 11. The molecule has 3 aromatic carbocycles. The summed E-state index contributed by atoms with van der Waals surface area (Å²) >= 11 is 0. The first-order valence-electron chi connectivity index (χ1n) is 34.7. The summed E-state index contributed by atoms with van der Waals surface area (Å²) in [6.07, 6.45) is 35.2. The minimum atomic E-state index is -0.826. The Labute approximate surface area is 564 Å². The number of carboxylic acid groups (broad SMARTS) is 1. The second-order valence-corrected chi connectivity index (χ2v) is 25.7. The van der Waals surface area contributed by atoms with Crippen LogP contribution in [-0.4, -0.2) is 56.1 Å². The third-order valence-corrected chi connectivity index (χ3v) is 19.0. The number of rotatable bonds is 28. The molecule has 0 bridgehead atoms. The predicted molar refractivity (Wildman–Crippen MR) is 374 cm³/mol. The van der Waals surface area contributed by atoms with Gasteiger partial charge in [0.2, 0.25) is 11.0 Å². The van der Waals surface area contributed by atoms with E-state index in [2.05, 4.69) is 114 Å². The van der Waals surface area contributed by atoms with Crippen LogP contribution in [0.15, 0.2) is 146 Å². The number of fused-ring (bicyclic) bond motifs is 6. The van der Waals surface area contributed by atoms with Gasteiger partial charge in [0.05, 0.1) is 11.9 Å². The molecule has 3 atom stereocenters. The van der Waals surface area contributed by atoms with E-state index in [-0.39, 0.29) is 36.7 Å². The van der Waals surface area contributed by atoms with Gasteiger partial charge in [-0.3, -0.25) is 9.78 Å². The van der Waals surface area contributed by atoms with Crippen molar-refractivity contribution in [3.8, 4) is 0 Å². The van der Waals surface area contributed by atoms with E-state index in [4.69, 9.17) is 15.0 Å². The maximum Gasteiger partial charge on any atom is 1.00 e. The third-order valence-electron chi connectivity index (χ3n) is 19.0. The molecule has 9 aromatic rings. The summed E-state index contributed by atoms with van der Waals surface area (Å²) < 4.78 is 1.90. The van der Waals surface area contributed by atoms with E-state index in [1.165, 1.54) is 134 Å². The molecule has 9 heterocycles. The van der Waals surface area contributed by atoms with Crippen molar-refractivity contribution in [3.05, 3.63) is 207 Å². The van der Waals surface area contributed by atoms with E-state index >= 15 is 0 Å². The van der Waals surface area contributed by atoms with Crippen molar-refractivity contribution in [2.45, 2.75) is 205 Å². The molecule has 12 rings (SSSR count). The van der Waals surface area contributed by atoms with Gasteiger partial charge in [-0.05, 0) is 198 Å². The van der Waals surface area contributed by atoms with Gasteiger partial charge in [-0.15, -0.1) is 0 Å². The molecule has 0 saturated carbocycles. The van der Waals surface area contributed by atoms with Crippen LogP contribution < -0.4 is 44.3 Å². The molecule has 3 unspecified atom stereocenters. The van der Waals surface area contributed by atoms with Crippen LogP contribution in [0.1, 0.15) is 217 Å². The predicted octanol–water partition coefficient (Wildman–Crippen LogP) is 14.4. The zero-order valence-electron chi connectivity index (χ0n) is 55.6. The Morgan fingerprint density at radius 1 is 0.484 bits per heavy atom. The molecule has 0 saturated heterocycles. The molecule has 93 heavy (non-hydrogen) atoms. The van der Waals surface area contributed by atoms with Crippen molar-refractivity contribution in [3.63, 3.8) is 0 Å². The van der Waals surface area contributed by atoms with Crippen molar-refractivity contribution >= 4 is 56.1 Å². The molecular formula is C78H98LiN9O5. The summed E-state index contributed by atoms with van der Waals surface area (Å²) in [5, 5.41) is 47.5. The van der Waals surface area contributed by atoms with Crippen LogP contribution in [0, 0.1) is 10.4 Å². The van der Waals surface area contributed by atoms with Crippen LogP contribution in [0.2, 0.25) is 0 Å². The number of nitrogens with zero attached hydrogens (tertiary/aromatic N) is 6. The number of nitrogens with one attached hydrogen (secondary N) is 3. The standard InChI is InChI=1S/C26H31N3O3.C26H33N3O.C26H33N3.Li.H2O/c30-25(31)17-20(22-16-21-9-5-6-12-24(21)29(32)18-22)8-3-1-2-4-11-23-14-13-19-10-7-15-27-26(19)28-23;1-2-20(23-18-22-11-7-8-14-25(22)29(30)19-23)10-5-3-4-6-13-24-16-15-21-12-9-17-27-26(21)28-24;1-2-20(23-18-22-11-7-8-14-25(22)28-19-23)10-5-3-4-6-13-24-16-15-21-12-9-17-27-26(21)29-24;;/h5-6,9,12-14,16,18,20H,1-4,7-8,10-11,15,17H2,(H,27,28)(H,30,31);7-8,11,14-16,18-20H,2-6,9-10,12-13,17H2,1H3,(H,27,28);7-8,11,14-16,18-20H,2-6,9-10,12-13,17H2,1H3,(H,27,29);;1H2/q;;;+1;/p-1. The largest absolute Gasteiger partial charge is 1.00 e. The molecular weight excluding hydrogens is 1150 g/mol. The van der Waals surface area contributed by atoms with Crippen LogP contribution in [-0.2, 0) is 43.3 Å². The monoisotopic (exact) mass is 1250 g/mol. The molecule has 0 amide bonds. The molecule has 0 radical (unpaired) electrons. The van der Waals surface area contributed by atoms with E-state index in [9.17, 15) is 20.3 Å². The minimum absolute atomic E-state index is 0. The fourth-order valence-corrected chi connectivity index (χ4v) is 13.7. The van der Waals surface area contributed by atoms with Gasteiger partial charge in [-0.25, -0.2) is 15.0 Å². The number of benzene rings is 3. The minimum Gasteiger partial charge on any atom is -0.870 e. The average Bonchev–Trinajstić information content (AvgIpc) is 0.999. The Kier molecular flexibility index (Phi) is 28.6. The van der Waals surface area contributed by atoms with Gasteiger partial charge >= 0.3 is 24.8 Å². The topological polar surface area (TPSA) is 209 Å². The second-order valence-electron chi connectivity index (χ2n) is 25.7. The summed E-state index contributed by atoms with van der Waals surface area (Å²) in [5.41, 5.74) is 13.5. The third kappa shape index (κ3) is 20.9. The van der Waals surface area contributed by atoms with Gasteiger partial charge in [-0.2, -0.15) is 9.46 Å². The van der Waals surface area contributed by atoms with Gasteiger partial charge in [0, 0.05) is 88.2 Å². The Bertz CT molecular complexity index is 3790. The van der Waals surface area contributed by atoms with Crippen molar-refractivity contribution in [2.75, 3.05) is 35.6 Å². The number of aliphatic carboxylic acids is 1. The van der Waals surface area contributed by atoms with E-state index in [1.54, 1.807) is 18.5 Å². The molecule has 0 spiro atoms. The quantitative estimate of drug-likeness (QED) is 0.0156. The van der Waals surface area contributed by atoms with E-state index in [0.717, 1.165) is 157 Å². The van der Waals surface area contributed by atoms with Crippen LogP contribution in [0.4, 0.5) is 17.5 Å². The van der Waals surface area contributed by atoms with Crippen LogP contribution >= 0.6 is 0 Å². The molecule has 15 heteroatoms. The smallest absolute Gasteiger partial charge is 0.870 e. The van der Waals surface area contributed by atoms with Gasteiger partial charge in [0.1, 0.15) is 17.5 Å². The number of carbonyl (C=O) groups is 1. The number of anilines is 3. The zero-order chi connectivity index (χ0) is 63.0. The summed E-state index contributed by atoms with van der Waals surface area (Å²) in [4.78, 5) is 30.5. The fraction of sp³-hybridized carbons (Fsp3) is 0.449. The molecule has 14 nitrogen and oxygen atoms in total. The molecule has 0 aliphatic carbocycles. The number of carboxylic acids is 1. The van der Waals surface area contributed by atoms with Gasteiger partial charge < -0.3 is 36.9 Å². The van der Waals surface area contributed by atoms with Crippen LogP contribution in [0.25, 0.3) is 32.7 Å². The number of hydrogen-bond donors (Lipinski definition) is 4. The first-order chi connectivity index (χ1) is 44.7. The fourth-order valence-electron chi connectivity index (χ4n) is 13.7. The van der Waals surface area contributed by atoms with Gasteiger partial charge in [0.25, 0.3) is 0 Å². The Balaban J connectivity index is 0.000000178. The first kappa shape index (κ1) is 71.2. The Morgan fingerprint density at radius 3 is 1.30 bits per heavy atom. The summed E-state index contributed by atoms with van der Waals surface area (Å²) in [6, 6.07) is 43.5. The molecule has 0 fully saturated rings. The SMILES string of the molecule is CCC(CCCCCCc1ccc2c(n1)NCCC2)c1cc2ccccc2[n+]([O-])c1.CCC(CCCCCCc1ccc2c(n1)NCCC2)c1cnc2ccccc2c1.O=C(O)CC(CCCCCCc1ccc2c(n1)NCCC2)c1cc2ccccc2[n+]([O-])c1.[Li+].[OH-]. The maximum absolute atomic E-state index is 12.4. The number of para-hydroxylation sites is 3. The van der Waals surface area contributed by atoms with Crippen molar-refractivity contribution in [1.29, 1.82) is 0 Å². The van der Waals surface area contributed by atoms with Crippen molar-refractivity contribution < 1.29 is 43.7 Å². The average molecular weight is 1250 g/mol. The summed E-state index contributed by atoms with van der Waals surface area (Å²) in [6.45, 7) is 7.64. The zero-order valence-corrected chi connectivity index (χ0v) is 55.6. The maximum atomic E-state index is 12.4. The van der Waals surface area contributed by atoms with Crippen molar-refractivity contribution in [1.82, 2.24) is 19.9 Å². The number of unbranched alkanes of at least 4 members (excludes halogenated alkanes) is 9. The second kappa shape index (κ2) is 37.3. The Hall–Kier alpha value is -7.63. The van der Waals surface area contributed by atoms with Gasteiger partial charge in [0.15, 0.2) is 12.4 Å². The molecule has 5 N–H and O–H groups in total.